The largest absolute Gasteiger partial charge is 0.278 e. The molecule has 0 radical (unpaired) electrons. The Balaban J connectivity index is 1.28. The summed E-state index contributed by atoms with van der Waals surface area (Å²) < 4.78 is 4.47. The lowest BCUT2D eigenvalue weighted by Crippen LogP contribution is -2.31. The standard InChI is InChI=1S/C60H51N5/c1-58(2,3)43-34-36-53-48(38-43)49-39-44(59(4,5)6)35-37-54(49)65(53)57-62-55(61-56(63-57)64-51-32-20-17-28-45(51)46-29-18-21-33-52(46)64)47-30-16-19-31-50(47)60(40-22-10-7-11-23-40,41-24-12-8-13-25-41)42-26-14-9-15-27-42/h7-39H,1-6H3. The smallest absolute Gasteiger partial charge is 0.240 e. The molecule has 316 valence electrons. The molecule has 0 atom stereocenters. The third kappa shape index (κ3) is 6.56. The van der Waals surface area contributed by atoms with Crippen LogP contribution in [0.4, 0.5) is 0 Å². The maximum atomic E-state index is 5.64. The number of hydrogen-bond donors (Lipinski definition) is 0. The minimum absolute atomic E-state index is 0.0409. The number of hydrogen-bond acceptors (Lipinski definition) is 3. The first-order chi connectivity index (χ1) is 31.5. The fraction of sp³-hybridized carbons (Fsp3) is 0.150. The van der Waals surface area contributed by atoms with Crippen molar-refractivity contribution in [1.82, 2.24) is 24.1 Å². The average Bonchev–Trinajstić information content (AvgIpc) is 3.85. The van der Waals surface area contributed by atoms with Gasteiger partial charge in [0.25, 0.3) is 0 Å². The summed E-state index contributed by atoms with van der Waals surface area (Å²) in [5, 5.41) is 4.64. The highest BCUT2D eigenvalue weighted by Crippen LogP contribution is 2.48. The Kier molecular flexibility index (Phi) is 9.44. The van der Waals surface area contributed by atoms with Crippen LogP contribution < -0.4 is 0 Å². The number of fused-ring (bicyclic) bond motifs is 6. The molecule has 0 unspecified atom stereocenters. The summed E-state index contributed by atoms with van der Waals surface area (Å²) >= 11 is 0. The molecule has 0 amide bonds. The van der Waals surface area contributed by atoms with E-state index in [4.69, 9.17) is 15.0 Å². The molecule has 0 N–H and O–H groups in total. The molecule has 11 aromatic rings. The number of aromatic nitrogens is 5. The van der Waals surface area contributed by atoms with Crippen molar-refractivity contribution in [3.63, 3.8) is 0 Å². The fourth-order valence-corrected chi connectivity index (χ4v) is 10.0. The Morgan fingerprint density at radius 2 is 0.692 bits per heavy atom. The Bertz CT molecular complexity index is 3330. The van der Waals surface area contributed by atoms with Crippen molar-refractivity contribution < 1.29 is 0 Å². The van der Waals surface area contributed by atoms with Crippen molar-refractivity contribution in [2.45, 2.75) is 57.8 Å². The van der Waals surface area contributed by atoms with Gasteiger partial charge >= 0.3 is 0 Å². The molecule has 0 saturated heterocycles. The van der Waals surface area contributed by atoms with Gasteiger partial charge in [0.05, 0.1) is 27.5 Å². The minimum atomic E-state index is -0.736. The summed E-state index contributed by atoms with van der Waals surface area (Å²) in [4.78, 5) is 16.8. The lowest BCUT2D eigenvalue weighted by molar-refractivity contribution is 0.590. The minimum Gasteiger partial charge on any atom is -0.278 e. The van der Waals surface area contributed by atoms with Crippen LogP contribution >= 0.6 is 0 Å². The van der Waals surface area contributed by atoms with Crippen LogP contribution in [0.1, 0.15) is 74.9 Å². The summed E-state index contributed by atoms with van der Waals surface area (Å²) in [6.07, 6.45) is 0. The molecule has 0 saturated carbocycles. The molecular weight excluding hydrogens is 791 g/mol. The van der Waals surface area contributed by atoms with Crippen LogP contribution in [0, 0.1) is 0 Å². The Hall–Kier alpha value is -7.63. The zero-order chi connectivity index (χ0) is 44.5. The van der Waals surface area contributed by atoms with Crippen molar-refractivity contribution in [3.05, 3.63) is 234 Å². The molecule has 0 aliphatic carbocycles. The van der Waals surface area contributed by atoms with E-state index in [1.165, 1.54) is 21.9 Å². The van der Waals surface area contributed by atoms with Crippen LogP contribution in [0.5, 0.6) is 0 Å². The second-order valence-corrected chi connectivity index (χ2v) is 19.3. The summed E-state index contributed by atoms with van der Waals surface area (Å²) in [5.41, 5.74) is 11.3. The second kappa shape index (κ2) is 15.3. The van der Waals surface area contributed by atoms with Crippen molar-refractivity contribution in [3.8, 4) is 23.3 Å². The van der Waals surface area contributed by atoms with E-state index in [1.807, 2.05) is 0 Å². The molecule has 0 aliphatic heterocycles. The third-order valence-corrected chi connectivity index (χ3v) is 13.3. The summed E-state index contributed by atoms with van der Waals surface area (Å²) in [5.74, 6) is 1.69. The number of para-hydroxylation sites is 2. The van der Waals surface area contributed by atoms with Gasteiger partial charge in [-0.2, -0.15) is 15.0 Å². The highest BCUT2D eigenvalue weighted by atomic mass is 15.3. The molecule has 0 bridgehead atoms. The van der Waals surface area contributed by atoms with Gasteiger partial charge in [0.2, 0.25) is 11.9 Å². The topological polar surface area (TPSA) is 48.5 Å². The molecular formula is C60H51N5. The van der Waals surface area contributed by atoms with E-state index in [0.29, 0.717) is 17.7 Å². The van der Waals surface area contributed by atoms with Gasteiger partial charge in [-0.1, -0.05) is 205 Å². The SMILES string of the molecule is CC(C)(C)c1ccc2c(c1)c1cc(C(C)(C)C)ccc1n2-c1nc(-c2ccccc2C(c2ccccc2)(c2ccccc2)c2ccccc2)nc(-n2c3ccccc3c3ccccc32)n1. The van der Waals surface area contributed by atoms with E-state index < -0.39 is 5.41 Å². The number of benzene rings is 8. The monoisotopic (exact) mass is 841 g/mol. The van der Waals surface area contributed by atoms with E-state index >= 15 is 0 Å². The van der Waals surface area contributed by atoms with Gasteiger partial charge in [-0.3, -0.25) is 9.13 Å². The molecule has 0 aliphatic rings. The van der Waals surface area contributed by atoms with E-state index in [-0.39, 0.29) is 10.8 Å². The predicted molar refractivity (Wildman–Crippen MR) is 270 cm³/mol. The van der Waals surface area contributed by atoms with E-state index in [0.717, 1.165) is 60.7 Å². The van der Waals surface area contributed by atoms with Gasteiger partial charge < -0.3 is 0 Å². The van der Waals surface area contributed by atoms with Crippen molar-refractivity contribution in [1.29, 1.82) is 0 Å². The first-order valence-electron chi connectivity index (χ1n) is 22.6. The zero-order valence-electron chi connectivity index (χ0n) is 37.8. The van der Waals surface area contributed by atoms with Crippen molar-refractivity contribution >= 4 is 43.6 Å². The van der Waals surface area contributed by atoms with Crippen LogP contribution in [0.2, 0.25) is 0 Å². The van der Waals surface area contributed by atoms with Crippen molar-refractivity contribution in [2.24, 2.45) is 0 Å². The lowest BCUT2D eigenvalue weighted by Gasteiger charge is -2.38. The quantitative estimate of drug-likeness (QED) is 0.150. The van der Waals surface area contributed by atoms with Gasteiger partial charge in [0.1, 0.15) is 0 Å². The van der Waals surface area contributed by atoms with Crippen LogP contribution in [0.3, 0.4) is 0 Å². The number of rotatable bonds is 7. The maximum Gasteiger partial charge on any atom is 0.240 e. The van der Waals surface area contributed by atoms with Gasteiger partial charge in [-0.15, -0.1) is 0 Å². The van der Waals surface area contributed by atoms with Crippen LogP contribution in [-0.2, 0) is 16.2 Å². The zero-order valence-corrected chi connectivity index (χ0v) is 37.8. The summed E-state index contributed by atoms with van der Waals surface area (Å²) in [6.45, 7) is 13.7. The van der Waals surface area contributed by atoms with Crippen LogP contribution in [0.25, 0.3) is 66.9 Å². The Morgan fingerprint density at radius 1 is 0.323 bits per heavy atom. The summed E-state index contributed by atoms with van der Waals surface area (Å²) in [7, 11) is 0. The molecule has 5 heteroatoms. The first-order valence-corrected chi connectivity index (χ1v) is 22.6. The third-order valence-electron chi connectivity index (χ3n) is 13.3. The Labute approximate surface area is 380 Å². The van der Waals surface area contributed by atoms with E-state index in [9.17, 15) is 0 Å². The second-order valence-electron chi connectivity index (χ2n) is 19.3. The lowest BCUT2D eigenvalue weighted by atomic mass is 9.64. The van der Waals surface area contributed by atoms with Crippen LogP contribution in [0.15, 0.2) is 200 Å². The maximum absolute atomic E-state index is 5.64. The molecule has 8 aromatic carbocycles. The van der Waals surface area contributed by atoms with Crippen molar-refractivity contribution in [2.75, 3.05) is 0 Å². The Morgan fingerprint density at radius 3 is 1.12 bits per heavy atom. The normalized spacial score (nSPS) is 12.5. The highest BCUT2D eigenvalue weighted by molar-refractivity contribution is 6.10. The number of nitrogens with zero attached hydrogens (tertiary/aromatic N) is 5. The van der Waals surface area contributed by atoms with E-state index in [1.54, 1.807) is 0 Å². The molecule has 11 rings (SSSR count). The summed E-state index contributed by atoms with van der Waals surface area (Å²) in [6, 6.07) is 72.2. The molecule has 65 heavy (non-hydrogen) atoms. The van der Waals surface area contributed by atoms with Gasteiger partial charge in [0.15, 0.2) is 5.82 Å². The predicted octanol–water partition coefficient (Wildman–Crippen LogP) is 14.7. The molecule has 3 heterocycles. The molecule has 0 spiro atoms. The molecule has 5 nitrogen and oxygen atoms in total. The average molecular weight is 842 g/mol. The van der Waals surface area contributed by atoms with Gasteiger partial charge in [-0.05, 0) is 80.6 Å². The van der Waals surface area contributed by atoms with Crippen LogP contribution in [-0.4, -0.2) is 24.1 Å². The first kappa shape index (κ1) is 40.2. The van der Waals surface area contributed by atoms with Gasteiger partial charge in [-0.25, -0.2) is 0 Å². The van der Waals surface area contributed by atoms with Gasteiger partial charge in [0, 0.05) is 27.1 Å². The highest BCUT2D eigenvalue weighted by Gasteiger charge is 2.40. The molecule has 0 fully saturated rings. The molecule has 3 aromatic heterocycles. The fourth-order valence-electron chi connectivity index (χ4n) is 10.0. The van der Waals surface area contributed by atoms with E-state index in [2.05, 4.69) is 251 Å².